The van der Waals surface area contributed by atoms with Gasteiger partial charge in [-0.2, -0.15) is 0 Å². The number of carboxylic acids is 1. The Morgan fingerprint density at radius 3 is 2.23 bits per heavy atom. The number of ketones is 1. The van der Waals surface area contributed by atoms with Gasteiger partial charge >= 0.3 is 5.97 Å². The van der Waals surface area contributed by atoms with E-state index in [0.29, 0.717) is 11.3 Å². The predicted molar refractivity (Wildman–Crippen MR) is 163 cm³/mol. The van der Waals surface area contributed by atoms with E-state index >= 15 is 0 Å². The van der Waals surface area contributed by atoms with Crippen molar-refractivity contribution < 1.29 is 28.8 Å². The number of rotatable bonds is 16. The maximum Gasteiger partial charge on any atom is 0.328 e. The van der Waals surface area contributed by atoms with E-state index in [0.717, 1.165) is 37.9 Å². The number of aryl methyl sites for hydroxylation is 2. The van der Waals surface area contributed by atoms with Crippen molar-refractivity contribution in [3.05, 3.63) is 102 Å². The highest BCUT2D eigenvalue weighted by atomic mass is 16.5. The van der Waals surface area contributed by atoms with Crippen LogP contribution in [0.3, 0.4) is 0 Å². The molecule has 43 heavy (non-hydrogen) atoms. The van der Waals surface area contributed by atoms with Crippen molar-refractivity contribution in [2.75, 3.05) is 6.61 Å². The van der Waals surface area contributed by atoms with Crippen LogP contribution in [0.25, 0.3) is 21.8 Å². The van der Waals surface area contributed by atoms with E-state index in [2.05, 4.69) is 63.6 Å². The Kier molecular flexibility index (Phi) is 9.97. The molecule has 1 atom stereocenters. The van der Waals surface area contributed by atoms with Crippen LogP contribution in [0.5, 0.6) is 0 Å². The molecule has 0 unspecified atom stereocenters. The normalized spacial score (nSPS) is 12.0. The summed E-state index contributed by atoms with van der Waals surface area (Å²) in [4.78, 5) is 36.1. The molecule has 0 spiro atoms. The van der Waals surface area contributed by atoms with Gasteiger partial charge in [-0.3, -0.25) is 9.59 Å². The first kappa shape index (κ1) is 29.7. The summed E-state index contributed by atoms with van der Waals surface area (Å²) in [6, 6.07) is 26.3. The van der Waals surface area contributed by atoms with Crippen molar-refractivity contribution in [3.8, 4) is 0 Å². The zero-order chi connectivity index (χ0) is 30.0. The fourth-order valence-corrected chi connectivity index (χ4v) is 5.25. The number of nitrogens with zero attached hydrogens (tertiary/aromatic N) is 2. The number of unbranched alkanes of at least 4 members (excludes halogenated alkanes) is 2. The van der Waals surface area contributed by atoms with Crippen molar-refractivity contribution in [2.45, 2.75) is 57.7 Å². The van der Waals surface area contributed by atoms with Crippen LogP contribution in [0.4, 0.5) is 0 Å². The molecule has 3 aromatic carbocycles. The molecule has 0 fully saturated rings. The van der Waals surface area contributed by atoms with E-state index in [4.69, 9.17) is 9.26 Å². The van der Waals surface area contributed by atoms with E-state index < -0.39 is 17.9 Å². The fraction of sp³-hybridized carbons (Fsp3) is 0.294. The van der Waals surface area contributed by atoms with E-state index in [1.807, 2.05) is 6.07 Å². The number of amides is 1. The number of carbonyl (C=O) groups excluding carboxylic acids is 2. The van der Waals surface area contributed by atoms with Gasteiger partial charge in [0.2, 0.25) is 5.91 Å². The number of hydrogen-bond acceptors (Lipinski definition) is 6. The Hall–Kier alpha value is -4.76. The summed E-state index contributed by atoms with van der Waals surface area (Å²) in [5, 5.41) is 18.6. The largest absolute Gasteiger partial charge is 0.480 e. The third kappa shape index (κ3) is 7.75. The van der Waals surface area contributed by atoms with Crippen LogP contribution < -0.4 is 5.32 Å². The van der Waals surface area contributed by atoms with Crippen LogP contribution in [-0.4, -0.2) is 45.1 Å². The summed E-state index contributed by atoms with van der Waals surface area (Å²) in [6.07, 6.45) is 3.69. The minimum absolute atomic E-state index is 0.00987. The molecular formula is C34H35N3O6. The van der Waals surface area contributed by atoms with Crippen LogP contribution >= 0.6 is 0 Å². The number of carbonyl (C=O) groups is 3. The highest BCUT2D eigenvalue weighted by Gasteiger charge is 2.21. The lowest BCUT2D eigenvalue weighted by Crippen LogP contribution is -2.44. The molecule has 9 nitrogen and oxygen atoms in total. The highest BCUT2D eigenvalue weighted by Crippen LogP contribution is 2.29. The summed E-state index contributed by atoms with van der Waals surface area (Å²) in [5.41, 5.74) is 3.85. The Labute approximate surface area is 249 Å². The Bertz CT molecular complexity index is 1640. The van der Waals surface area contributed by atoms with Gasteiger partial charge in [-0.1, -0.05) is 78.3 Å². The third-order valence-corrected chi connectivity index (χ3v) is 7.44. The van der Waals surface area contributed by atoms with Gasteiger partial charge in [0.15, 0.2) is 17.6 Å². The van der Waals surface area contributed by atoms with Gasteiger partial charge in [0.1, 0.15) is 6.61 Å². The number of aromatic nitrogens is 2. The molecule has 0 aliphatic rings. The number of Topliss-reactive ketones (excluding diaryl/α,β-unsaturated/α-hetero) is 1. The first-order chi connectivity index (χ1) is 21.0. The van der Waals surface area contributed by atoms with Crippen molar-refractivity contribution in [3.63, 3.8) is 0 Å². The second-order valence-electron chi connectivity index (χ2n) is 10.5. The van der Waals surface area contributed by atoms with Gasteiger partial charge in [-0.05, 0) is 31.4 Å². The van der Waals surface area contributed by atoms with Gasteiger partial charge in [0.25, 0.3) is 0 Å². The number of nitrogens with one attached hydrogen (secondary N) is 1. The van der Waals surface area contributed by atoms with Crippen molar-refractivity contribution in [2.24, 2.45) is 0 Å². The van der Waals surface area contributed by atoms with Crippen LogP contribution in [0.1, 0.15) is 53.9 Å². The number of aliphatic carboxylic acids is 1. The molecule has 5 aromatic rings. The lowest BCUT2D eigenvalue weighted by atomic mass is 10.1. The average Bonchev–Trinajstić information content (AvgIpc) is 3.62. The average molecular weight is 582 g/mol. The quantitative estimate of drug-likeness (QED) is 0.109. The molecule has 2 N–H and O–H groups in total. The van der Waals surface area contributed by atoms with E-state index in [9.17, 15) is 19.5 Å². The molecule has 1 amide bonds. The minimum atomic E-state index is -1.24. The molecule has 9 heteroatoms. The Morgan fingerprint density at radius 1 is 0.860 bits per heavy atom. The van der Waals surface area contributed by atoms with Gasteiger partial charge in [0, 0.05) is 52.8 Å². The van der Waals surface area contributed by atoms with E-state index in [1.54, 1.807) is 30.3 Å². The number of benzene rings is 3. The molecule has 0 saturated heterocycles. The van der Waals surface area contributed by atoms with Gasteiger partial charge in [0.05, 0.1) is 12.3 Å². The lowest BCUT2D eigenvalue weighted by molar-refractivity contribution is -0.143. The highest BCUT2D eigenvalue weighted by molar-refractivity contribution is 6.08. The summed E-state index contributed by atoms with van der Waals surface area (Å²) in [7, 11) is 0. The maximum atomic E-state index is 12.2. The number of ether oxygens (including phenoxy) is 1. The van der Waals surface area contributed by atoms with Crippen LogP contribution in [0.2, 0.25) is 0 Å². The summed E-state index contributed by atoms with van der Waals surface area (Å²) < 4.78 is 13.3. The summed E-state index contributed by atoms with van der Waals surface area (Å²) >= 11 is 0. The Morgan fingerprint density at radius 2 is 1.53 bits per heavy atom. The second-order valence-corrected chi connectivity index (χ2v) is 10.5. The van der Waals surface area contributed by atoms with Crippen LogP contribution in [0, 0.1) is 0 Å². The smallest absolute Gasteiger partial charge is 0.328 e. The minimum Gasteiger partial charge on any atom is -0.480 e. The number of para-hydroxylation sites is 2. The topological polar surface area (TPSA) is 124 Å². The summed E-state index contributed by atoms with van der Waals surface area (Å²) in [5.74, 6) is -1.44. The zero-order valence-electron chi connectivity index (χ0n) is 23.9. The summed E-state index contributed by atoms with van der Waals surface area (Å²) in [6.45, 7) is 0.732. The monoisotopic (exact) mass is 581 g/mol. The van der Waals surface area contributed by atoms with Crippen LogP contribution in [-0.2, 0) is 33.9 Å². The number of fused-ring (bicyclic) bond motifs is 3. The molecular weight excluding hydrogens is 546 g/mol. The molecule has 222 valence electrons. The second kappa shape index (κ2) is 14.4. The van der Waals surface area contributed by atoms with Gasteiger partial charge in [-0.15, -0.1) is 0 Å². The van der Waals surface area contributed by atoms with E-state index in [-0.39, 0.29) is 31.8 Å². The van der Waals surface area contributed by atoms with Crippen molar-refractivity contribution >= 4 is 39.5 Å². The zero-order valence-corrected chi connectivity index (χ0v) is 23.9. The SMILES string of the molecule is O=C(CCC(=O)c1ccccc1)N[C@@H](COCc1cc(CCCCCn2c3ccccc3c3ccccc32)no1)C(=O)O. The van der Waals surface area contributed by atoms with Crippen molar-refractivity contribution in [1.82, 2.24) is 15.0 Å². The number of hydrogen-bond donors (Lipinski definition) is 2. The Balaban J connectivity index is 1.01. The molecule has 0 bridgehead atoms. The molecule has 5 rings (SSSR count). The third-order valence-electron chi connectivity index (χ3n) is 7.44. The molecule has 2 heterocycles. The fourth-order valence-electron chi connectivity index (χ4n) is 5.25. The maximum absolute atomic E-state index is 12.2. The first-order valence-corrected chi connectivity index (χ1v) is 14.6. The molecule has 2 aromatic heterocycles. The van der Waals surface area contributed by atoms with Crippen LogP contribution in [0.15, 0.2) is 89.5 Å². The lowest BCUT2D eigenvalue weighted by Gasteiger charge is -2.14. The molecule has 0 saturated carbocycles. The van der Waals surface area contributed by atoms with Gasteiger partial charge < -0.3 is 24.3 Å². The number of carboxylic acid groups (broad SMARTS) is 1. The molecule has 0 radical (unpaired) electrons. The van der Waals surface area contributed by atoms with Crippen molar-refractivity contribution in [1.29, 1.82) is 0 Å². The van der Waals surface area contributed by atoms with E-state index in [1.165, 1.54) is 21.8 Å². The first-order valence-electron chi connectivity index (χ1n) is 14.6. The standard InChI is InChI=1S/C34H35N3O6/c38-32(24-11-3-1-4-12-24)18-19-33(39)35-29(34(40)41)23-42-22-26-21-25(36-43-26)13-5-2-10-20-37-30-16-8-6-14-27(30)28-15-7-9-17-31(28)37/h1,3-4,6-9,11-12,14-17,21,29H,2,5,10,13,18-20,22-23H2,(H,35,39)(H,40,41)/t29-/m0/s1. The predicted octanol–water partition coefficient (Wildman–Crippen LogP) is 5.94. The molecule has 0 aliphatic carbocycles. The molecule has 0 aliphatic heterocycles. The van der Waals surface area contributed by atoms with Gasteiger partial charge in [-0.25, -0.2) is 4.79 Å².